The van der Waals surface area contributed by atoms with Gasteiger partial charge in [-0.15, -0.1) is 0 Å². The number of aryl methyl sites for hydroxylation is 1. The minimum absolute atomic E-state index is 0.0293. The van der Waals surface area contributed by atoms with Gasteiger partial charge >= 0.3 is 11.9 Å². The largest absolute Gasteiger partial charge is 0.490 e. The molecule has 2 aromatic rings. The molecule has 0 aromatic heterocycles. The van der Waals surface area contributed by atoms with Crippen molar-refractivity contribution in [1.82, 2.24) is 4.90 Å². The lowest BCUT2D eigenvalue weighted by molar-refractivity contribution is -0.139. The van der Waals surface area contributed by atoms with E-state index in [9.17, 15) is 14.7 Å². The maximum Gasteiger partial charge on any atom is 0.330 e. The van der Waals surface area contributed by atoms with Gasteiger partial charge in [-0.1, -0.05) is 13.0 Å². The van der Waals surface area contributed by atoms with E-state index in [1.807, 2.05) is 24.0 Å². The van der Waals surface area contributed by atoms with Gasteiger partial charge < -0.3 is 26.0 Å². The highest BCUT2D eigenvalue weighted by Crippen LogP contribution is 2.28. The van der Waals surface area contributed by atoms with Gasteiger partial charge in [0.1, 0.15) is 17.7 Å². The van der Waals surface area contributed by atoms with Crippen LogP contribution in [-0.2, 0) is 16.0 Å². The molecule has 1 unspecified atom stereocenters. The molecule has 1 heterocycles. The Hall–Kier alpha value is -3.59. The van der Waals surface area contributed by atoms with E-state index < -0.39 is 18.0 Å². The molecule has 0 radical (unpaired) electrons. The summed E-state index contributed by atoms with van der Waals surface area (Å²) in [5, 5.41) is 29.4. The van der Waals surface area contributed by atoms with E-state index in [4.69, 9.17) is 21.0 Å². The number of benzene rings is 2. The maximum atomic E-state index is 12.1. The lowest BCUT2D eigenvalue weighted by atomic mass is 10.0. The number of anilines is 1. The van der Waals surface area contributed by atoms with Crippen LogP contribution < -0.4 is 15.8 Å². The molecule has 3 rings (SSSR count). The summed E-state index contributed by atoms with van der Waals surface area (Å²) in [6, 6.07) is 11.3. The predicted molar refractivity (Wildman–Crippen MR) is 125 cm³/mol. The molecule has 0 amide bonds. The van der Waals surface area contributed by atoms with E-state index in [2.05, 4.69) is 5.32 Å². The predicted octanol–water partition coefficient (Wildman–Crippen LogP) is 2.70. The summed E-state index contributed by atoms with van der Waals surface area (Å²) in [7, 11) is 0. The number of piperidine rings is 1. The van der Waals surface area contributed by atoms with E-state index >= 15 is 0 Å². The van der Waals surface area contributed by atoms with Crippen LogP contribution in [0.2, 0.25) is 0 Å². The summed E-state index contributed by atoms with van der Waals surface area (Å²) < 4.78 is 6.18. The molecule has 1 saturated heterocycles. The van der Waals surface area contributed by atoms with Crippen molar-refractivity contribution in [2.75, 3.05) is 25.0 Å². The molecule has 0 saturated carbocycles. The van der Waals surface area contributed by atoms with Crippen molar-refractivity contribution >= 4 is 23.5 Å². The Kier molecular flexibility index (Phi) is 7.89. The van der Waals surface area contributed by atoms with Gasteiger partial charge in [0.15, 0.2) is 6.04 Å². The molecule has 1 aliphatic rings. The fraction of sp³-hybridized carbons (Fsp3) is 0.375. The van der Waals surface area contributed by atoms with E-state index in [0.717, 1.165) is 12.0 Å². The molecule has 1 aliphatic heterocycles. The summed E-state index contributed by atoms with van der Waals surface area (Å²) in [5.41, 5.74) is 8.19. The average molecular weight is 455 g/mol. The first kappa shape index (κ1) is 24.1. The van der Waals surface area contributed by atoms with Crippen LogP contribution in [0.5, 0.6) is 5.75 Å². The molecule has 0 aliphatic carbocycles. The quantitative estimate of drug-likeness (QED) is 0.272. The Bertz CT molecular complexity index is 1000. The summed E-state index contributed by atoms with van der Waals surface area (Å²) in [4.78, 5) is 24.9. The first-order chi connectivity index (χ1) is 15.7. The second kappa shape index (κ2) is 10.8. The van der Waals surface area contributed by atoms with E-state index in [1.54, 1.807) is 30.3 Å². The van der Waals surface area contributed by atoms with Crippen LogP contribution in [0.1, 0.15) is 42.5 Å². The van der Waals surface area contributed by atoms with Crippen molar-refractivity contribution < 1.29 is 24.5 Å². The number of likely N-dealkylation sites (tertiary alicyclic amines) is 1. The topological polar surface area (TPSA) is 149 Å². The van der Waals surface area contributed by atoms with Crippen LogP contribution in [0.3, 0.4) is 0 Å². The zero-order valence-electron chi connectivity index (χ0n) is 18.6. The monoisotopic (exact) mass is 454 g/mol. The van der Waals surface area contributed by atoms with Crippen molar-refractivity contribution in [2.24, 2.45) is 5.73 Å². The lowest BCUT2D eigenvalue weighted by Crippen LogP contribution is -2.40. The fourth-order valence-corrected chi connectivity index (χ4v) is 3.89. The van der Waals surface area contributed by atoms with Crippen LogP contribution in [0, 0.1) is 5.41 Å². The minimum atomic E-state index is -1.02. The number of aliphatic carboxylic acids is 2. The standard InChI is InChI=1S/C24H30N4O5/c1-2-15-11-17(22(24(31)32)27-18-5-3-16(4-6-18)23(25)26)13-20(12-15)33-19-7-9-28(10-8-19)14-21(29)30/h3-6,11-13,19,22,27H,2,7-10,14H2,1H3,(H3,25,26)(H,29,30)(H,31,32). The second-order valence-electron chi connectivity index (χ2n) is 8.16. The van der Waals surface area contributed by atoms with Crippen molar-refractivity contribution in [3.8, 4) is 5.75 Å². The Morgan fingerprint density at radius 1 is 1.18 bits per heavy atom. The third-order valence-corrected chi connectivity index (χ3v) is 5.68. The molecule has 33 heavy (non-hydrogen) atoms. The maximum absolute atomic E-state index is 12.1. The summed E-state index contributed by atoms with van der Waals surface area (Å²) in [5.74, 6) is -1.30. The molecule has 0 spiro atoms. The number of hydrogen-bond donors (Lipinski definition) is 5. The number of carboxylic acids is 2. The number of carbonyl (C=O) groups is 2. The number of hydrogen-bond acceptors (Lipinski definition) is 6. The number of nitrogens with one attached hydrogen (secondary N) is 2. The van der Waals surface area contributed by atoms with Crippen molar-refractivity contribution in [2.45, 2.75) is 38.3 Å². The molecule has 6 N–H and O–H groups in total. The zero-order chi connectivity index (χ0) is 24.0. The third kappa shape index (κ3) is 6.69. The zero-order valence-corrected chi connectivity index (χ0v) is 18.6. The van der Waals surface area contributed by atoms with Crippen molar-refractivity contribution in [3.05, 3.63) is 59.2 Å². The first-order valence-corrected chi connectivity index (χ1v) is 10.9. The number of nitrogens with zero attached hydrogens (tertiary/aromatic N) is 1. The number of nitrogen functional groups attached to an aromatic ring is 1. The molecule has 9 nitrogen and oxygen atoms in total. The summed E-state index contributed by atoms with van der Waals surface area (Å²) in [6.45, 7) is 3.32. The number of nitrogens with two attached hydrogens (primary N) is 1. The van der Waals surface area contributed by atoms with Gasteiger partial charge in [0, 0.05) is 24.3 Å². The first-order valence-electron chi connectivity index (χ1n) is 10.9. The Labute approximate surface area is 192 Å². The Morgan fingerprint density at radius 2 is 1.85 bits per heavy atom. The van der Waals surface area contributed by atoms with Crippen LogP contribution in [0.4, 0.5) is 5.69 Å². The fourth-order valence-electron chi connectivity index (χ4n) is 3.89. The number of carboxylic acid groups (broad SMARTS) is 2. The minimum Gasteiger partial charge on any atom is -0.490 e. The van der Waals surface area contributed by atoms with Crippen LogP contribution >= 0.6 is 0 Å². The van der Waals surface area contributed by atoms with Gasteiger partial charge in [-0.25, -0.2) is 4.79 Å². The SMILES string of the molecule is CCc1cc(OC2CCN(CC(=O)O)CC2)cc(C(Nc2ccc(C(=N)N)cc2)C(=O)O)c1. The molecule has 9 heteroatoms. The Balaban J connectivity index is 1.75. The van der Waals surface area contributed by atoms with Crippen molar-refractivity contribution in [1.29, 1.82) is 5.41 Å². The normalized spacial score (nSPS) is 15.5. The molecule has 1 fully saturated rings. The molecule has 0 bridgehead atoms. The average Bonchev–Trinajstić information content (AvgIpc) is 2.78. The van der Waals surface area contributed by atoms with Crippen LogP contribution in [0.15, 0.2) is 42.5 Å². The van der Waals surface area contributed by atoms with E-state index in [1.165, 1.54) is 0 Å². The van der Waals surface area contributed by atoms with Crippen molar-refractivity contribution in [3.63, 3.8) is 0 Å². The highest BCUT2D eigenvalue weighted by Gasteiger charge is 2.24. The van der Waals surface area contributed by atoms with Crippen LogP contribution in [0.25, 0.3) is 0 Å². The molecular weight excluding hydrogens is 424 g/mol. The van der Waals surface area contributed by atoms with Gasteiger partial charge in [-0.05, 0) is 66.8 Å². The third-order valence-electron chi connectivity index (χ3n) is 5.68. The highest BCUT2D eigenvalue weighted by molar-refractivity contribution is 5.95. The second-order valence-corrected chi connectivity index (χ2v) is 8.16. The highest BCUT2D eigenvalue weighted by atomic mass is 16.5. The van der Waals surface area contributed by atoms with Gasteiger partial charge in [0.25, 0.3) is 0 Å². The van der Waals surface area contributed by atoms with E-state index in [0.29, 0.717) is 48.5 Å². The number of amidine groups is 1. The Morgan fingerprint density at radius 3 is 2.39 bits per heavy atom. The number of ether oxygens (including phenoxy) is 1. The molecular formula is C24H30N4O5. The number of rotatable bonds is 10. The summed E-state index contributed by atoms with van der Waals surface area (Å²) >= 11 is 0. The van der Waals surface area contributed by atoms with E-state index in [-0.39, 0.29) is 18.5 Å². The molecule has 1 atom stereocenters. The smallest absolute Gasteiger partial charge is 0.330 e. The van der Waals surface area contributed by atoms with Crippen LogP contribution in [-0.4, -0.2) is 58.6 Å². The van der Waals surface area contributed by atoms with Gasteiger partial charge in [-0.2, -0.15) is 0 Å². The molecule has 2 aromatic carbocycles. The van der Waals surface area contributed by atoms with Gasteiger partial charge in [0.05, 0.1) is 6.54 Å². The lowest BCUT2D eigenvalue weighted by Gasteiger charge is -2.31. The summed E-state index contributed by atoms with van der Waals surface area (Å²) in [6.07, 6.45) is 2.09. The van der Waals surface area contributed by atoms with Gasteiger partial charge in [0.2, 0.25) is 0 Å². The van der Waals surface area contributed by atoms with Gasteiger partial charge in [-0.3, -0.25) is 15.1 Å². The molecule has 176 valence electrons.